The summed E-state index contributed by atoms with van der Waals surface area (Å²) in [6.07, 6.45) is 3.80. The highest BCUT2D eigenvalue weighted by Crippen LogP contribution is 2.22. The van der Waals surface area contributed by atoms with E-state index in [1.54, 1.807) is 7.11 Å². The Labute approximate surface area is 102 Å². The van der Waals surface area contributed by atoms with E-state index in [9.17, 15) is 0 Å². The van der Waals surface area contributed by atoms with Gasteiger partial charge in [0.25, 0.3) is 0 Å². The van der Waals surface area contributed by atoms with Crippen molar-refractivity contribution in [1.29, 1.82) is 0 Å². The molecule has 0 radical (unpaired) electrons. The molecule has 0 saturated heterocycles. The van der Waals surface area contributed by atoms with Gasteiger partial charge in [-0.1, -0.05) is 13.8 Å². The van der Waals surface area contributed by atoms with Gasteiger partial charge in [0, 0.05) is 12.1 Å². The van der Waals surface area contributed by atoms with Gasteiger partial charge in [-0.3, -0.25) is 0 Å². The number of benzene rings is 1. The van der Waals surface area contributed by atoms with E-state index in [1.807, 2.05) is 24.7 Å². The zero-order chi connectivity index (χ0) is 12.3. The summed E-state index contributed by atoms with van der Waals surface area (Å²) in [4.78, 5) is 4.23. The largest absolute Gasteiger partial charge is 0.497 e. The van der Waals surface area contributed by atoms with E-state index in [4.69, 9.17) is 4.74 Å². The third-order valence-corrected chi connectivity index (χ3v) is 2.66. The first kappa shape index (κ1) is 11.7. The van der Waals surface area contributed by atoms with Crippen LogP contribution in [0.3, 0.4) is 0 Å². The lowest BCUT2D eigenvalue weighted by atomic mass is 10.1. The third-order valence-electron chi connectivity index (χ3n) is 2.66. The zero-order valence-corrected chi connectivity index (χ0v) is 10.6. The number of ether oxygens (including phenoxy) is 1. The maximum Gasteiger partial charge on any atom is 0.118 e. The number of nitrogens with zero attached hydrogens (tertiary/aromatic N) is 2. The molecule has 0 spiro atoms. The molecule has 0 saturated carbocycles. The molecular weight excluding hydrogens is 212 g/mol. The van der Waals surface area contributed by atoms with Crippen LogP contribution in [0.2, 0.25) is 0 Å². The summed E-state index contributed by atoms with van der Waals surface area (Å²) in [5.74, 6) is 1.49. The van der Waals surface area contributed by atoms with Gasteiger partial charge in [0.15, 0.2) is 0 Å². The highest BCUT2D eigenvalue weighted by Gasteiger charge is 2.06. The van der Waals surface area contributed by atoms with Crippen molar-refractivity contribution in [2.45, 2.75) is 20.4 Å². The Hall–Kier alpha value is -1.77. The number of aromatic nitrogens is 2. The number of methoxy groups -OCH3 is 1. The minimum absolute atomic E-state index is 0.612. The second-order valence-electron chi connectivity index (χ2n) is 4.55. The second kappa shape index (κ2) is 5.04. The molecule has 90 valence electrons. The predicted octanol–water partition coefficient (Wildman–Crippen LogP) is 3.21. The van der Waals surface area contributed by atoms with Gasteiger partial charge in [-0.25, -0.2) is 4.98 Å². The van der Waals surface area contributed by atoms with E-state index in [0.717, 1.165) is 18.0 Å². The van der Waals surface area contributed by atoms with Crippen molar-refractivity contribution >= 4 is 0 Å². The molecule has 1 aromatic carbocycles. The fourth-order valence-electron chi connectivity index (χ4n) is 1.86. The number of rotatable bonds is 4. The van der Waals surface area contributed by atoms with Crippen LogP contribution >= 0.6 is 0 Å². The summed E-state index contributed by atoms with van der Waals surface area (Å²) in [6.45, 7) is 5.40. The maximum absolute atomic E-state index is 5.16. The van der Waals surface area contributed by atoms with Gasteiger partial charge in [-0.2, -0.15) is 0 Å². The van der Waals surface area contributed by atoms with E-state index < -0.39 is 0 Å². The minimum atomic E-state index is 0.612. The topological polar surface area (TPSA) is 27.1 Å². The van der Waals surface area contributed by atoms with Crippen molar-refractivity contribution in [3.63, 3.8) is 0 Å². The Kier molecular flexibility index (Phi) is 3.47. The van der Waals surface area contributed by atoms with Gasteiger partial charge in [-0.15, -0.1) is 0 Å². The molecule has 2 rings (SSSR count). The molecule has 0 amide bonds. The van der Waals surface area contributed by atoms with Gasteiger partial charge in [-0.05, 0) is 30.2 Å². The summed E-state index contributed by atoms with van der Waals surface area (Å²) in [5.41, 5.74) is 2.32. The first-order valence-corrected chi connectivity index (χ1v) is 5.85. The molecule has 0 fully saturated rings. The molecular formula is C14H18N2O. The normalized spacial score (nSPS) is 10.8. The Morgan fingerprint density at radius 3 is 2.53 bits per heavy atom. The maximum atomic E-state index is 5.16. The Morgan fingerprint density at radius 1 is 1.24 bits per heavy atom. The summed E-state index contributed by atoms with van der Waals surface area (Å²) in [5, 5.41) is 0. The number of hydrogen-bond donors (Lipinski definition) is 0. The summed E-state index contributed by atoms with van der Waals surface area (Å²) >= 11 is 0. The van der Waals surface area contributed by atoms with Crippen LogP contribution in [0.15, 0.2) is 36.8 Å². The zero-order valence-electron chi connectivity index (χ0n) is 10.6. The molecule has 0 bridgehead atoms. The fourth-order valence-corrected chi connectivity index (χ4v) is 1.86. The van der Waals surface area contributed by atoms with Gasteiger partial charge in [0.2, 0.25) is 0 Å². The standard InChI is InChI=1S/C14H18N2O/c1-11(2)9-16-10-15-8-14(16)12-4-6-13(17-3)7-5-12/h4-8,10-11H,9H2,1-3H3. The fraction of sp³-hybridized carbons (Fsp3) is 0.357. The van der Waals surface area contributed by atoms with Crippen molar-refractivity contribution in [1.82, 2.24) is 9.55 Å². The van der Waals surface area contributed by atoms with Gasteiger partial charge in [0.05, 0.1) is 25.3 Å². The van der Waals surface area contributed by atoms with Crippen LogP contribution in [-0.4, -0.2) is 16.7 Å². The molecule has 0 aliphatic rings. The molecule has 0 N–H and O–H groups in total. The highest BCUT2D eigenvalue weighted by molar-refractivity contribution is 5.59. The van der Waals surface area contributed by atoms with Gasteiger partial charge >= 0.3 is 0 Å². The minimum Gasteiger partial charge on any atom is -0.497 e. The first-order valence-electron chi connectivity index (χ1n) is 5.85. The van der Waals surface area contributed by atoms with E-state index in [1.165, 1.54) is 5.56 Å². The quantitative estimate of drug-likeness (QED) is 0.806. The molecule has 3 heteroatoms. The van der Waals surface area contributed by atoms with Crippen molar-refractivity contribution in [3.05, 3.63) is 36.8 Å². The number of hydrogen-bond acceptors (Lipinski definition) is 2. The molecule has 3 nitrogen and oxygen atoms in total. The second-order valence-corrected chi connectivity index (χ2v) is 4.55. The average molecular weight is 230 g/mol. The molecule has 0 atom stereocenters. The molecule has 1 aromatic heterocycles. The average Bonchev–Trinajstić information content (AvgIpc) is 2.76. The van der Waals surface area contributed by atoms with Gasteiger partial charge < -0.3 is 9.30 Å². The van der Waals surface area contributed by atoms with Crippen molar-refractivity contribution < 1.29 is 4.74 Å². The lowest BCUT2D eigenvalue weighted by Crippen LogP contribution is -2.04. The summed E-state index contributed by atoms with van der Waals surface area (Å²) < 4.78 is 7.35. The van der Waals surface area contributed by atoms with E-state index in [-0.39, 0.29) is 0 Å². The van der Waals surface area contributed by atoms with Crippen molar-refractivity contribution in [2.24, 2.45) is 5.92 Å². The van der Waals surface area contributed by atoms with Crippen LogP contribution in [0.1, 0.15) is 13.8 Å². The molecule has 1 heterocycles. The molecule has 0 aliphatic carbocycles. The molecule has 17 heavy (non-hydrogen) atoms. The van der Waals surface area contributed by atoms with Crippen LogP contribution in [0, 0.1) is 5.92 Å². The Morgan fingerprint density at radius 2 is 1.94 bits per heavy atom. The van der Waals surface area contributed by atoms with E-state index in [0.29, 0.717) is 5.92 Å². The van der Waals surface area contributed by atoms with Crippen LogP contribution in [0.25, 0.3) is 11.3 Å². The van der Waals surface area contributed by atoms with Crippen molar-refractivity contribution in [2.75, 3.05) is 7.11 Å². The number of imidazole rings is 1. The molecule has 0 unspecified atom stereocenters. The SMILES string of the molecule is COc1ccc(-c2cncn2CC(C)C)cc1. The lowest BCUT2D eigenvalue weighted by Gasteiger charge is -2.10. The van der Waals surface area contributed by atoms with E-state index in [2.05, 4.69) is 35.5 Å². The predicted molar refractivity (Wildman–Crippen MR) is 69.1 cm³/mol. The highest BCUT2D eigenvalue weighted by atomic mass is 16.5. The van der Waals surface area contributed by atoms with Gasteiger partial charge in [0.1, 0.15) is 5.75 Å². The molecule has 0 aliphatic heterocycles. The van der Waals surface area contributed by atoms with Crippen LogP contribution < -0.4 is 4.74 Å². The summed E-state index contributed by atoms with van der Waals surface area (Å²) in [7, 11) is 1.68. The monoisotopic (exact) mass is 230 g/mol. The van der Waals surface area contributed by atoms with Crippen molar-refractivity contribution in [3.8, 4) is 17.0 Å². The smallest absolute Gasteiger partial charge is 0.118 e. The lowest BCUT2D eigenvalue weighted by molar-refractivity contribution is 0.415. The third kappa shape index (κ3) is 2.67. The molecule has 2 aromatic rings. The summed E-state index contributed by atoms with van der Waals surface area (Å²) in [6, 6.07) is 8.07. The Balaban J connectivity index is 2.29. The van der Waals surface area contributed by atoms with Crippen LogP contribution in [0.5, 0.6) is 5.75 Å². The Bertz CT molecular complexity index is 471. The van der Waals surface area contributed by atoms with Crippen LogP contribution in [0.4, 0.5) is 0 Å². The van der Waals surface area contributed by atoms with Crippen LogP contribution in [-0.2, 0) is 6.54 Å². The first-order chi connectivity index (χ1) is 8.20. The van der Waals surface area contributed by atoms with E-state index >= 15 is 0 Å².